The van der Waals surface area contributed by atoms with Gasteiger partial charge in [-0.3, -0.25) is 9.97 Å². The van der Waals surface area contributed by atoms with Crippen molar-refractivity contribution < 1.29 is 9.26 Å². The van der Waals surface area contributed by atoms with E-state index in [-0.39, 0.29) is 6.04 Å². The van der Waals surface area contributed by atoms with E-state index in [1.54, 1.807) is 13.3 Å². The van der Waals surface area contributed by atoms with Crippen LogP contribution in [0, 0.1) is 13.8 Å². The van der Waals surface area contributed by atoms with Gasteiger partial charge in [0.15, 0.2) is 0 Å². The summed E-state index contributed by atoms with van der Waals surface area (Å²) in [5, 5.41) is 5.13. The topological polar surface area (TPSA) is 78.9 Å². The summed E-state index contributed by atoms with van der Waals surface area (Å²) in [7, 11) is 1.69. The third-order valence-corrected chi connectivity index (χ3v) is 6.97. The summed E-state index contributed by atoms with van der Waals surface area (Å²) in [6.07, 6.45) is 6.21. The summed E-state index contributed by atoms with van der Waals surface area (Å²) in [4.78, 5) is 14.2. The maximum Gasteiger partial charge on any atom is 0.141 e. The smallest absolute Gasteiger partial charge is 0.141 e. The molecule has 0 saturated heterocycles. The van der Waals surface area contributed by atoms with Crippen molar-refractivity contribution in [3.05, 3.63) is 102 Å². The summed E-state index contributed by atoms with van der Waals surface area (Å²) in [6, 6.07) is 18.7. The van der Waals surface area contributed by atoms with Gasteiger partial charge in [0.25, 0.3) is 0 Å². The van der Waals surface area contributed by atoms with Crippen LogP contribution in [-0.4, -0.2) is 31.8 Å². The molecule has 1 atom stereocenters. The first kappa shape index (κ1) is 22.9. The second-order valence-electron chi connectivity index (χ2n) is 9.28. The highest BCUT2D eigenvalue weighted by Crippen LogP contribution is 2.40. The minimum Gasteiger partial charge on any atom is -0.496 e. The van der Waals surface area contributed by atoms with Crippen molar-refractivity contribution in [3.8, 4) is 16.9 Å². The van der Waals surface area contributed by atoms with Crippen LogP contribution in [0.5, 0.6) is 5.75 Å². The summed E-state index contributed by atoms with van der Waals surface area (Å²) in [5.41, 5.74) is 7.72. The van der Waals surface area contributed by atoms with Crippen molar-refractivity contribution in [2.75, 3.05) is 7.11 Å². The molecule has 0 fully saturated rings. The van der Waals surface area contributed by atoms with Crippen LogP contribution in [0.4, 0.5) is 0 Å². The van der Waals surface area contributed by atoms with E-state index < -0.39 is 0 Å². The Morgan fingerprint density at radius 3 is 2.54 bits per heavy atom. The van der Waals surface area contributed by atoms with Gasteiger partial charge in [0, 0.05) is 29.8 Å². The largest absolute Gasteiger partial charge is 0.496 e. The number of hydrogen-bond acceptors (Lipinski definition) is 6. The van der Waals surface area contributed by atoms with Crippen LogP contribution in [-0.2, 0) is 6.42 Å². The van der Waals surface area contributed by atoms with Crippen LogP contribution in [0.2, 0.25) is 0 Å². The normalized spacial score (nSPS) is 12.3. The van der Waals surface area contributed by atoms with Gasteiger partial charge >= 0.3 is 0 Å². The van der Waals surface area contributed by atoms with Gasteiger partial charge in [0.05, 0.1) is 41.6 Å². The Bertz CT molecular complexity index is 1700. The third kappa shape index (κ3) is 3.93. The van der Waals surface area contributed by atoms with Crippen molar-refractivity contribution in [3.63, 3.8) is 0 Å². The average molecular weight is 490 g/mol. The SMILES string of the molecule is COc1cc2c(cc1-c1c(C)noc1C)ncc1nc(Cc3cccnc3)n([C@H](C)c3ccccc3)c12. The van der Waals surface area contributed by atoms with E-state index in [4.69, 9.17) is 19.2 Å². The van der Waals surface area contributed by atoms with Crippen LogP contribution in [0.15, 0.2) is 77.7 Å². The zero-order valence-corrected chi connectivity index (χ0v) is 21.3. The van der Waals surface area contributed by atoms with Crippen molar-refractivity contribution in [2.45, 2.75) is 33.2 Å². The fourth-order valence-corrected chi connectivity index (χ4v) is 5.19. The molecule has 0 unspecified atom stereocenters. The molecular weight excluding hydrogens is 462 g/mol. The molecule has 4 heterocycles. The Morgan fingerprint density at radius 2 is 1.84 bits per heavy atom. The molecule has 0 aliphatic rings. The molecule has 0 saturated carbocycles. The minimum atomic E-state index is 0.0525. The highest BCUT2D eigenvalue weighted by Gasteiger charge is 2.23. The molecule has 7 heteroatoms. The van der Waals surface area contributed by atoms with E-state index in [9.17, 15) is 0 Å². The van der Waals surface area contributed by atoms with Crippen LogP contribution in [0.25, 0.3) is 33.1 Å². The minimum absolute atomic E-state index is 0.0525. The Hall–Kier alpha value is -4.52. The van der Waals surface area contributed by atoms with Gasteiger partial charge < -0.3 is 13.8 Å². The van der Waals surface area contributed by atoms with E-state index in [1.807, 2.05) is 38.4 Å². The number of pyridine rings is 2. The lowest BCUT2D eigenvalue weighted by molar-refractivity contribution is 0.393. The molecule has 0 bridgehead atoms. The van der Waals surface area contributed by atoms with E-state index in [0.29, 0.717) is 6.42 Å². The number of aryl methyl sites for hydroxylation is 2. The molecule has 37 heavy (non-hydrogen) atoms. The van der Waals surface area contributed by atoms with Crippen LogP contribution >= 0.6 is 0 Å². The maximum atomic E-state index is 5.89. The Labute approximate surface area is 214 Å². The number of imidazole rings is 1. The third-order valence-electron chi connectivity index (χ3n) is 6.97. The molecule has 0 spiro atoms. The Morgan fingerprint density at radius 1 is 1.00 bits per heavy atom. The lowest BCUT2D eigenvalue weighted by atomic mass is 10.00. The van der Waals surface area contributed by atoms with Gasteiger partial charge in [0.2, 0.25) is 0 Å². The molecule has 0 amide bonds. The summed E-state index contributed by atoms with van der Waals surface area (Å²) >= 11 is 0. The van der Waals surface area contributed by atoms with Gasteiger partial charge in [-0.25, -0.2) is 4.98 Å². The first-order chi connectivity index (χ1) is 18.0. The monoisotopic (exact) mass is 489 g/mol. The number of nitrogens with zero attached hydrogens (tertiary/aromatic N) is 5. The number of fused-ring (bicyclic) bond motifs is 3. The van der Waals surface area contributed by atoms with Crippen LogP contribution in [0.3, 0.4) is 0 Å². The van der Waals surface area contributed by atoms with Gasteiger partial charge in [-0.1, -0.05) is 41.6 Å². The van der Waals surface area contributed by atoms with Crippen molar-refractivity contribution >= 4 is 21.9 Å². The quantitative estimate of drug-likeness (QED) is 0.267. The Kier molecular flexibility index (Phi) is 5.68. The molecule has 6 rings (SSSR count). The fraction of sp³-hybridized carbons (Fsp3) is 0.200. The second kappa shape index (κ2) is 9.17. The maximum absolute atomic E-state index is 5.89. The van der Waals surface area contributed by atoms with Crippen LogP contribution in [0.1, 0.15) is 41.4 Å². The lowest BCUT2D eigenvalue weighted by Crippen LogP contribution is -2.11. The zero-order valence-electron chi connectivity index (χ0n) is 21.3. The molecule has 7 nitrogen and oxygen atoms in total. The predicted octanol–water partition coefficient (Wildman–Crippen LogP) is 6.46. The fourth-order valence-electron chi connectivity index (χ4n) is 5.19. The van der Waals surface area contributed by atoms with Gasteiger partial charge in [-0.05, 0) is 50.1 Å². The zero-order chi connectivity index (χ0) is 25.5. The van der Waals surface area contributed by atoms with Crippen molar-refractivity contribution in [1.29, 1.82) is 0 Å². The molecular formula is C30H27N5O2. The molecule has 0 radical (unpaired) electrons. The van der Waals surface area contributed by atoms with Gasteiger partial charge in [-0.15, -0.1) is 0 Å². The van der Waals surface area contributed by atoms with Gasteiger partial charge in [-0.2, -0.15) is 0 Å². The Balaban J connectivity index is 1.63. The molecule has 0 aliphatic carbocycles. The molecule has 2 aromatic carbocycles. The predicted molar refractivity (Wildman–Crippen MR) is 144 cm³/mol. The average Bonchev–Trinajstić information content (AvgIpc) is 3.47. The first-order valence-corrected chi connectivity index (χ1v) is 12.3. The summed E-state index contributed by atoms with van der Waals surface area (Å²) in [6.45, 7) is 6.06. The molecule has 0 aliphatic heterocycles. The number of aromatic nitrogens is 5. The molecule has 0 N–H and O–H groups in total. The summed E-state index contributed by atoms with van der Waals surface area (Å²) < 4.78 is 13.7. The highest BCUT2D eigenvalue weighted by atomic mass is 16.5. The first-order valence-electron chi connectivity index (χ1n) is 12.3. The molecule has 6 aromatic rings. The number of ether oxygens (including phenoxy) is 1. The number of hydrogen-bond donors (Lipinski definition) is 0. The number of rotatable bonds is 6. The van der Waals surface area contributed by atoms with E-state index in [2.05, 4.69) is 64.1 Å². The van der Waals surface area contributed by atoms with Crippen LogP contribution < -0.4 is 4.74 Å². The number of benzene rings is 2. The van der Waals surface area contributed by atoms with Gasteiger partial charge in [0.1, 0.15) is 22.9 Å². The van der Waals surface area contributed by atoms with E-state index in [1.165, 1.54) is 5.56 Å². The lowest BCUT2D eigenvalue weighted by Gasteiger charge is -2.19. The van der Waals surface area contributed by atoms with Crippen molar-refractivity contribution in [1.82, 2.24) is 24.7 Å². The summed E-state index contributed by atoms with van der Waals surface area (Å²) in [5.74, 6) is 2.45. The molecule has 184 valence electrons. The highest BCUT2D eigenvalue weighted by molar-refractivity contribution is 6.05. The van der Waals surface area contributed by atoms with E-state index >= 15 is 0 Å². The standard InChI is InChI=1S/C30H27N5O2/c1-18-29(20(3)37-34-18)24-14-25-23(15-27(24)36-4)30-26(17-32-25)33-28(13-21-9-8-12-31-16-21)35(30)19(2)22-10-6-5-7-11-22/h5-12,14-17,19H,13H2,1-4H3/t19-/m1/s1. The number of methoxy groups -OCH3 is 1. The second-order valence-corrected chi connectivity index (χ2v) is 9.28. The molecule has 4 aromatic heterocycles. The van der Waals surface area contributed by atoms with Crippen molar-refractivity contribution in [2.24, 2.45) is 0 Å². The van der Waals surface area contributed by atoms with E-state index in [0.717, 1.165) is 61.7 Å².